The van der Waals surface area contributed by atoms with E-state index in [0.717, 1.165) is 0 Å². The van der Waals surface area contributed by atoms with Crippen LogP contribution in [0.5, 0.6) is 0 Å². The molecule has 7 nitrogen and oxygen atoms in total. The number of hydrogen-bond acceptors (Lipinski definition) is 6. The molecule has 0 aromatic rings. The molecule has 2 aliphatic rings. The van der Waals surface area contributed by atoms with E-state index in [2.05, 4.69) is 4.74 Å². The fourth-order valence-electron chi connectivity index (χ4n) is 2.07. The normalized spacial score (nSPS) is 32.8. The van der Waals surface area contributed by atoms with E-state index in [1.165, 1.54) is 0 Å². The van der Waals surface area contributed by atoms with Crippen molar-refractivity contribution in [2.45, 2.75) is 38.1 Å². The third kappa shape index (κ3) is 2.66. The average Bonchev–Trinajstić information content (AvgIpc) is 2.64. The van der Waals surface area contributed by atoms with Crippen LogP contribution in [-0.2, 0) is 23.8 Å². The van der Waals surface area contributed by atoms with E-state index in [1.807, 2.05) is 0 Å². The molecule has 2 aliphatic heterocycles. The van der Waals surface area contributed by atoms with Crippen molar-refractivity contribution in [3.8, 4) is 0 Å². The minimum Gasteiger partial charge on any atom is -0.461 e. The van der Waals surface area contributed by atoms with Crippen LogP contribution in [0.4, 0.5) is 4.79 Å². The van der Waals surface area contributed by atoms with Crippen LogP contribution in [0.15, 0.2) is 0 Å². The molecule has 0 spiro atoms. The highest BCUT2D eigenvalue weighted by Crippen LogP contribution is 2.30. The van der Waals surface area contributed by atoms with Gasteiger partial charge in [-0.15, -0.1) is 0 Å². The molecule has 2 fully saturated rings. The maximum absolute atomic E-state index is 11.6. The van der Waals surface area contributed by atoms with Gasteiger partial charge in [0.1, 0.15) is 6.10 Å². The standard InChI is InChI=1S/C10H12O7/c11-7-3-2-6(15-7)5-1-4-8(16-9(5)12)17-10(13)14/h5-6,8H,1-4H2,(H,13,14). The minimum atomic E-state index is -1.48. The van der Waals surface area contributed by atoms with Gasteiger partial charge in [-0.1, -0.05) is 0 Å². The fraction of sp³-hybridized carbons (Fsp3) is 0.700. The maximum atomic E-state index is 11.6. The van der Waals surface area contributed by atoms with Crippen LogP contribution in [0, 0.1) is 5.92 Å². The lowest BCUT2D eigenvalue weighted by Gasteiger charge is -2.29. The van der Waals surface area contributed by atoms with Gasteiger partial charge in [0.25, 0.3) is 6.29 Å². The predicted octanol–water partition coefficient (Wildman–Crippen LogP) is 0.666. The Labute approximate surface area is 96.6 Å². The first-order chi connectivity index (χ1) is 8.06. The Kier molecular flexibility index (Phi) is 3.16. The van der Waals surface area contributed by atoms with Gasteiger partial charge in [-0.3, -0.25) is 9.59 Å². The first-order valence-electron chi connectivity index (χ1n) is 5.36. The van der Waals surface area contributed by atoms with E-state index >= 15 is 0 Å². The van der Waals surface area contributed by atoms with E-state index in [-0.39, 0.29) is 12.4 Å². The molecule has 3 unspecified atom stereocenters. The lowest BCUT2D eigenvalue weighted by molar-refractivity contribution is -0.191. The zero-order chi connectivity index (χ0) is 12.4. The lowest BCUT2D eigenvalue weighted by atomic mass is 9.93. The van der Waals surface area contributed by atoms with Gasteiger partial charge in [-0.2, -0.15) is 0 Å². The van der Waals surface area contributed by atoms with E-state index < -0.39 is 30.4 Å². The van der Waals surface area contributed by atoms with Crippen molar-refractivity contribution < 1.29 is 33.7 Å². The summed E-state index contributed by atoms with van der Waals surface area (Å²) in [5.41, 5.74) is 0. The second-order valence-electron chi connectivity index (χ2n) is 4.00. The van der Waals surface area contributed by atoms with Crippen molar-refractivity contribution in [1.82, 2.24) is 0 Å². The van der Waals surface area contributed by atoms with Crippen molar-refractivity contribution in [3.63, 3.8) is 0 Å². The van der Waals surface area contributed by atoms with Crippen LogP contribution in [0.3, 0.4) is 0 Å². The average molecular weight is 244 g/mol. The molecule has 0 amide bonds. The smallest absolute Gasteiger partial charge is 0.461 e. The third-order valence-electron chi connectivity index (χ3n) is 2.86. The summed E-state index contributed by atoms with van der Waals surface area (Å²) < 4.78 is 14.2. The molecule has 94 valence electrons. The van der Waals surface area contributed by atoms with Crippen molar-refractivity contribution in [2.24, 2.45) is 5.92 Å². The van der Waals surface area contributed by atoms with Gasteiger partial charge in [0, 0.05) is 12.8 Å². The molecule has 17 heavy (non-hydrogen) atoms. The first-order valence-corrected chi connectivity index (χ1v) is 5.36. The van der Waals surface area contributed by atoms with Crippen LogP contribution in [-0.4, -0.2) is 35.6 Å². The molecule has 0 radical (unpaired) electrons. The van der Waals surface area contributed by atoms with Crippen LogP contribution in [0.25, 0.3) is 0 Å². The largest absolute Gasteiger partial charge is 0.508 e. The van der Waals surface area contributed by atoms with Crippen LogP contribution >= 0.6 is 0 Å². The molecule has 3 atom stereocenters. The molecular formula is C10H12O7. The Bertz CT molecular complexity index is 351. The number of carboxylic acid groups (broad SMARTS) is 1. The zero-order valence-corrected chi connectivity index (χ0v) is 8.96. The lowest BCUT2D eigenvalue weighted by Crippen LogP contribution is -2.39. The molecule has 2 saturated heterocycles. The van der Waals surface area contributed by atoms with Crippen LogP contribution in [0.2, 0.25) is 0 Å². The number of rotatable bonds is 2. The molecule has 1 N–H and O–H groups in total. The van der Waals surface area contributed by atoms with Gasteiger partial charge in [0.05, 0.1) is 5.92 Å². The summed E-state index contributed by atoms with van der Waals surface area (Å²) in [6.07, 6.45) is -1.47. The summed E-state index contributed by atoms with van der Waals surface area (Å²) in [6.45, 7) is 0. The molecule has 7 heteroatoms. The molecule has 0 bridgehead atoms. The Balaban J connectivity index is 1.89. The fourth-order valence-corrected chi connectivity index (χ4v) is 2.07. The van der Waals surface area contributed by atoms with Gasteiger partial charge < -0.3 is 19.3 Å². The molecule has 0 aromatic carbocycles. The van der Waals surface area contributed by atoms with Crippen LogP contribution < -0.4 is 0 Å². The summed E-state index contributed by atoms with van der Waals surface area (Å²) in [5, 5.41) is 8.38. The summed E-state index contributed by atoms with van der Waals surface area (Å²) in [6, 6.07) is 0. The van der Waals surface area contributed by atoms with Crippen molar-refractivity contribution >= 4 is 18.1 Å². The maximum Gasteiger partial charge on any atom is 0.508 e. The van der Waals surface area contributed by atoms with Crippen LogP contribution in [0.1, 0.15) is 25.7 Å². The van der Waals surface area contributed by atoms with Crippen molar-refractivity contribution in [3.05, 3.63) is 0 Å². The quantitative estimate of drug-likeness (QED) is 0.712. The monoisotopic (exact) mass is 244 g/mol. The molecule has 2 rings (SSSR count). The van der Waals surface area contributed by atoms with Gasteiger partial charge in [0.2, 0.25) is 0 Å². The summed E-state index contributed by atoms with van der Waals surface area (Å²) in [7, 11) is 0. The second-order valence-corrected chi connectivity index (χ2v) is 4.00. The number of carbonyl (C=O) groups is 3. The van der Waals surface area contributed by atoms with Gasteiger partial charge >= 0.3 is 18.1 Å². The zero-order valence-electron chi connectivity index (χ0n) is 8.96. The highest BCUT2D eigenvalue weighted by Gasteiger charge is 2.41. The topological polar surface area (TPSA) is 99.1 Å². The first kappa shape index (κ1) is 11.7. The molecule has 0 aromatic heterocycles. The Morgan fingerprint density at radius 3 is 2.53 bits per heavy atom. The minimum absolute atomic E-state index is 0.288. The van der Waals surface area contributed by atoms with E-state index in [4.69, 9.17) is 14.6 Å². The van der Waals surface area contributed by atoms with Gasteiger partial charge in [-0.25, -0.2) is 4.79 Å². The van der Waals surface area contributed by atoms with Crippen molar-refractivity contribution in [1.29, 1.82) is 0 Å². The van der Waals surface area contributed by atoms with E-state index in [9.17, 15) is 14.4 Å². The van der Waals surface area contributed by atoms with Gasteiger partial charge in [0.15, 0.2) is 0 Å². The highest BCUT2D eigenvalue weighted by atomic mass is 16.8. The number of esters is 2. The highest BCUT2D eigenvalue weighted by molar-refractivity contribution is 5.77. The molecule has 0 saturated carbocycles. The number of hydrogen-bond donors (Lipinski definition) is 1. The number of cyclic esters (lactones) is 2. The van der Waals surface area contributed by atoms with Gasteiger partial charge in [-0.05, 0) is 12.8 Å². The SMILES string of the molecule is O=C(O)OC1CCC(C2CCC(=O)O2)C(=O)O1. The summed E-state index contributed by atoms with van der Waals surface area (Å²) in [4.78, 5) is 32.8. The molecular weight excluding hydrogens is 232 g/mol. The number of carbonyl (C=O) groups excluding carboxylic acids is 2. The summed E-state index contributed by atoms with van der Waals surface area (Å²) in [5.74, 6) is -1.39. The Morgan fingerprint density at radius 1 is 1.24 bits per heavy atom. The van der Waals surface area contributed by atoms with E-state index in [1.54, 1.807) is 0 Å². The predicted molar refractivity (Wildman–Crippen MR) is 50.8 cm³/mol. The summed E-state index contributed by atoms with van der Waals surface area (Å²) >= 11 is 0. The third-order valence-corrected chi connectivity index (χ3v) is 2.86. The Hall–Kier alpha value is -1.79. The molecule has 0 aliphatic carbocycles. The Morgan fingerprint density at radius 2 is 2.00 bits per heavy atom. The van der Waals surface area contributed by atoms with Crippen molar-refractivity contribution in [2.75, 3.05) is 0 Å². The number of ether oxygens (including phenoxy) is 3. The molecule has 2 heterocycles. The van der Waals surface area contributed by atoms with E-state index in [0.29, 0.717) is 19.3 Å². The second kappa shape index (κ2) is 4.60.